The first-order valence-corrected chi connectivity index (χ1v) is 5.20. The molecule has 0 unspecified atom stereocenters. The fourth-order valence-electron chi connectivity index (χ4n) is 1.42. The summed E-state index contributed by atoms with van der Waals surface area (Å²) in [4.78, 5) is 6.45. The predicted octanol–water partition coefficient (Wildman–Crippen LogP) is 3.10. The van der Waals surface area contributed by atoms with E-state index in [1.807, 2.05) is 0 Å². The number of nitrogens with one attached hydrogen (secondary N) is 1. The molecule has 0 amide bonds. The number of nitrogens with zero attached hydrogens (tertiary/aromatic N) is 2. The van der Waals surface area contributed by atoms with E-state index in [1.165, 1.54) is 0 Å². The topological polar surface area (TPSA) is 63.8 Å². The van der Waals surface area contributed by atoms with Crippen molar-refractivity contribution < 1.29 is 22.0 Å². The van der Waals surface area contributed by atoms with Crippen molar-refractivity contribution in [3.63, 3.8) is 0 Å². The van der Waals surface area contributed by atoms with Crippen LogP contribution in [0.5, 0.6) is 0 Å². The van der Waals surface area contributed by atoms with Crippen molar-refractivity contribution >= 4 is 17.5 Å². The molecule has 20 heavy (non-hydrogen) atoms. The maximum absolute atomic E-state index is 13.4. The van der Waals surface area contributed by atoms with E-state index in [4.69, 9.17) is 5.73 Å². The molecule has 0 radical (unpaired) electrons. The Hall–Kier alpha value is -2.45. The number of rotatable bonds is 2. The molecule has 0 bridgehead atoms. The first-order valence-electron chi connectivity index (χ1n) is 5.20. The van der Waals surface area contributed by atoms with Gasteiger partial charge in [-0.05, 0) is 12.1 Å². The summed E-state index contributed by atoms with van der Waals surface area (Å²) in [5.41, 5.74) is 3.19. The van der Waals surface area contributed by atoms with Crippen LogP contribution in [0.2, 0.25) is 0 Å². The molecule has 0 aliphatic heterocycles. The Morgan fingerprint density at radius 2 is 1.65 bits per heavy atom. The van der Waals surface area contributed by atoms with Crippen molar-refractivity contribution in [3.8, 4) is 0 Å². The zero-order valence-corrected chi connectivity index (χ0v) is 9.67. The zero-order chi connectivity index (χ0) is 14.9. The second kappa shape index (κ2) is 4.91. The standard InChI is InChI=1S/C11H7F5N4/c12-5-2-1-3-6(13)9(5)19-8-4-7(11(14,15)16)18-10(17)20-8/h1-4H,(H3,17,18,19,20). The van der Waals surface area contributed by atoms with Gasteiger partial charge in [-0.25, -0.2) is 13.8 Å². The van der Waals surface area contributed by atoms with Gasteiger partial charge in [0.1, 0.15) is 23.1 Å². The molecule has 0 saturated carbocycles. The van der Waals surface area contributed by atoms with Gasteiger partial charge in [-0.15, -0.1) is 0 Å². The minimum Gasteiger partial charge on any atom is -0.368 e. The van der Waals surface area contributed by atoms with E-state index < -0.39 is 41.0 Å². The lowest BCUT2D eigenvalue weighted by atomic mass is 10.3. The summed E-state index contributed by atoms with van der Waals surface area (Å²) in [6.07, 6.45) is -4.75. The monoisotopic (exact) mass is 290 g/mol. The van der Waals surface area contributed by atoms with Crippen LogP contribution in [-0.2, 0) is 6.18 Å². The van der Waals surface area contributed by atoms with Crippen molar-refractivity contribution in [2.45, 2.75) is 6.18 Å². The van der Waals surface area contributed by atoms with Crippen LogP contribution in [0.25, 0.3) is 0 Å². The number of hydrogen-bond acceptors (Lipinski definition) is 4. The van der Waals surface area contributed by atoms with Crippen LogP contribution in [0.15, 0.2) is 24.3 Å². The number of nitrogen functional groups attached to an aromatic ring is 1. The van der Waals surface area contributed by atoms with Crippen molar-refractivity contribution in [1.82, 2.24) is 9.97 Å². The fraction of sp³-hybridized carbons (Fsp3) is 0.0909. The zero-order valence-electron chi connectivity index (χ0n) is 9.67. The highest BCUT2D eigenvalue weighted by Gasteiger charge is 2.33. The van der Waals surface area contributed by atoms with E-state index in [1.54, 1.807) is 0 Å². The van der Waals surface area contributed by atoms with E-state index in [2.05, 4.69) is 15.3 Å². The average molecular weight is 290 g/mol. The molecule has 0 fully saturated rings. The molecule has 0 atom stereocenters. The van der Waals surface area contributed by atoms with E-state index in [-0.39, 0.29) is 0 Å². The number of alkyl halides is 3. The first kappa shape index (κ1) is 14.0. The average Bonchev–Trinajstić information content (AvgIpc) is 2.32. The van der Waals surface area contributed by atoms with Crippen LogP contribution >= 0.6 is 0 Å². The normalized spacial score (nSPS) is 11.4. The minimum absolute atomic E-state index is 0.464. The van der Waals surface area contributed by atoms with Gasteiger partial charge in [-0.3, -0.25) is 0 Å². The molecule has 2 aromatic rings. The molecule has 3 N–H and O–H groups in total. The molecule has 106 valence electrons. The van der Waals surface area contributed by atoms with E-state index in [0.717, 1.165) is 18.2 Å². The fourth-order valence-corrected chi connectivity index (χ4v) is 1.42. The summed E-state index contributed by atoms with van der Waals surface area (Å²) in [6.45, 7) is 0. The largest absolute Gasteiger partial charge is 0.433 e. The summed E-state index contributed by atoms with van der Waals surface area (Å²) in [6, 6.07) is 3.51. The molecular formula is C11H7F5N4. The predicted molar refractivity (Wildman–Crippen MR) is 61.1 cm³/mol. The van der Waals surface area contributed by atoms with Gasteiger partial charge in [0, 0.05) is 6.07 Å². The first-order chi connectivity index (χ1) is 9.27. The number of aromatic nitrogens is 2. The van der Waals surface area contributed by atoms with Gasteiger partial charge >= 0.3 is 6.18 Å². The summed E-state index contributed by atoms with van der Waals surface area (Å²) in [7, 11) is 0. The van der Waals surface area contributed by atoms with Crippen molar-refractivity contribution in [1.29, 1.82) is 0 Å². The van der Waals surface area contributed by atoms with Crippen LogP contribution in [0, 0.1) is 11.6 Å². The molecule has 0 saturated heterocycles. The lowest BCUT2D eigenvalue weighted by Gasteiger charge is -2.11. The highest BCUT2D eigenvalue weighted by molar-refractivity contribution is 5.58. The van der Waals surface area contributed by atoms with Crippen LogP contribution in [0.3, 0.4) is 0 Å². The lowest BCUT2D eigenvalue weighted by Crippen LogP contribution is -2.12. The molecule has 2 rings (SSSR count). The number of benzene rings is 1. The van der Waals surface area contributed by atoms with Gasteiger partial charge in [-0.2, -0.15) is 18.2 Å². The van der Waals surface area contributed by atoms with Crippen molar-refractivity contribution in [2.75, 3.05) is 11.1 Å². The minimum atomic E-state index is -4.75. The Morgan fingerprint density at radius 1 is 1.05 bits per heavy atom. The van der Waals surface area contributed by atoms with Crippen molar-refractivity contribution in [2.24, 2.45) is 0 Å². The maximum Gasteiger partial charge on any atom is 0.433 e. The van der Waals surface area contributed by atoms with Gasteiger partial charge in [0.05, 0.1) is 0 Å². The molecule has 0 aliphatic carbocycles. The van der Waals surface area contributed by atoms with E-state index in [0.29, 0.717) is 6.07 Å². The quantitative estimate of drug-likeness (QED) is 0.834. The van der Waals surface area contributed by atoms with Crippen LogP contribution in [0.1, 0.15) is 5.69 Å². The van der Waals surface area contributed by atoms with Gasteiger partial charge < -0.3 is 11.1 Å². The third-order valence-corrected chi connectivity index (χ3v) is 2.25. The number of para-hydroxylation sites is 1. The summed E-state index contributed by atoms with van der Waals surface area (Å²) >= 11 is 0. The molecule has 1 aromatic carbocycles. The number of nitrogens with two attached hydrogens (primary N) is 1. The van der Waals surface area contributed by atoms with E-state index in [9.17, 15) is 22.0 Å². The summed E-state index contributed by atoms with van der Waals surface area (Å²) in [5, 5.41) is 2.11. The molecule has 1 aromatic heterocycles. The third-order valence-electron chi connectivity index (χ3n) is 2.25. The molecular weight excluding hydrogens is 283 g/mol. The van der Waals surface area contributed by atoms with Gasteiger partial charge in [0.25, 0.3) is 0 Å². The lowest BCUT2D eigenvalue weighted by molar-refractivity contribution is -0.141. The molecule has 4 nitrogen and oxygen atoms in total. The highest BCUT2D eigenvalue weighted by atomic mass is 19.4. The van der Waals surface area contributed by atoms with Gasteiger partial charge in [0.2, 0.25) is 5.95 Å². The SMILES string of the molecule is Nc1nc(Nc2c(F)cccc2F)cc(C(F)(F)F)n1. The maximum atomic E-state index is 13.4. The number of anilines is 3. The van der Waals surface area contributed by atoms with Crippen LogP contribution in [0.4, 0.5) is 39.4 Å². The summed E-state index contributed by atoms with van der Waals surface area (Å²) in [5.74, 6) is -3.08. The van der Waals surface area contributed by atoms with E-state index >= 15 is 0 Å². The van der Waals surface area contributed by atoms with Crippen LogP contribution < -0.4 is 11.1 Å². The smallest absolute Gasteiger partial charge is 0.368 e. The second-order valence-electron chi connectivity index (χ2n) is 3.72. The van der Waals surface area contributed by atoms with Gasteiger partial charge in [0.15, 0.2) is 5.69 Å². The molecule has 0 spiro atoms. The molecule has 1 heterocycles. The number of halogens is 5. The highest BCUT2D eigenvalue weighted by Crippen LogP contribution is 2.30. The van der Waals surface area contributed by atoms with Gasteiger partial charge in [-0.1, -0.05) is 6.07 Å². The Labute approximate surface area is 109 Å². The second-order valence-corrected chi connectivity index (χ2v) is 3.72. The third kappa shape index (κ3) is 2.92. The Kier molecular flexibility index (Phi) is 3.43. The number of hydrogen-bond donors (Lipinski definition) is 2. The van der Waals surface area contributed by atoms with Crippen molar-refractivity contribution in [3.05, 3.63) is 41.6 Å². The Bertz CT molecular complexity index is 621. The van der Waals surface area contributed by atoms with Crippen LogP contribution in [-0.4, -0.2) is 9.97 Å². The summed E-state index contributed by atoms with van der Waals surface area (Å²) < 4.78 is 64.3. The molecule has 9 heteroatoms. The Morgan fingerprint density at radius 3 is 2.20 bits per heavy atom. The molecule has 0 aliphatic rings. The Balaban J connectivity index is 2.42.